The Hall–Kier alpha value is -2.59. The summed E-state index contributed by atoms with van der Waals surface area (Å²) in [5, 5.41) is 10.1. The molecule has 1 aliphatic heterocycles. The number of fused-ring (bicyclic) bond motifs is 3. The van der Waals surface area contributed by atoms with Crippen LogP contribution in [0.15, 0.2) is 39.8 Å². The molecule has 1 heterocycles. The maximum atomic E-state index is 12.6. The fraction of sp³-hybridized carbons (Fsp3) is 0.455. The molecule has 1 aromatic rings. The number of benzene rings is 1. The number of anilines is 1. The zero-order valence-corrected chi connectivity index (χ0v) is 17.0. The van der Waals surface area contributed by atoms with Crippen molar-refractivity contribution in [1.29, 1.82) is 5.26 Å². The second kappa shape index (κ2) is 8.03. The van der Waals surface area contributed by atoms with Crippen LogP contribution in [0.3, 0.4) is 0 Å². The molecule has 2 bridgehead atoms. The van der Waals surface area contributed by atoms with Gasteiger partial charge >= 0.3 is 5.97 Å². The van der Waals surface area contributed by atoms with E-state index in [0.29, 0.717) is 17.9 Å². The first-order valence-electron chi connectivity index (χ1n) is 9.88. The smallest absolute Gasteiger partial charge is 0.309 e. The molecule has 3 aliphatic rings. The highest BCUT2D eigenvalue weighted by molar-refractivity contribution is 8.03. The van der Waals surface area contributed by atoms with Crippen LogP contribution in [0, 0.1) is 29.1 Å². The second-order valence-corrected chi connectivity index (χ2v) is 8.88. The predicted molar refractivity (Wildman–Crippen MR) is 108 cm³/mol. The van der Waals surface area contributed by atoms with E-state index in [1.807, 2.05) is 42.3 Å². The van der Waals surface area contributed by atoms with E-state index in [4.69, 9.17) is 4.74 Å². The van der Waals surface area contributed by atoms with E-state index in [2.05, 4.69) is 0 Å². The molecular weight excluding hydrogens is 388 g/mol. The van der Waals surface area contributed by atoms with Crippen LogP contribution in [-0.4, -0.2) is 31.2 Å². The summed E-state index contributed by atoms with van der Waals surface area (Å²) in [5.41, 5.74) is 0.931. The summed E-state index contributed by atoms with van der Waals surface area (Å²) in [7, 11) is 1.81. The van der Waals surface area contributed by atoms with E-state index in [1.54, 1.807) is 0 Å². The number of Topliss-reactive ketones (excluding diaryl/α,β-unsaturated/α-hetero) is 2. The van der Waals surface area contributed by atoms with Gasteiger partial charge in [-0.2, -0.15) is 5.26 Å². The molecule has 150 valence electrons. The molecule has 0 radical (unpaired) electrons. The van der Waals surface area contributed by atoms with Crippen molar-refractivity contribution in [3.05, 3.63) is 34.9 Å². The van der Waals surface area contributed by atoms with Crippen molar-refractivity contribution in [3.63, 3.8) is 0 Å². The molecule has 29 heavy (non-hydrogen) atoms. The third-order valence-electron chi connectivity index (χ3n) is 6.07. The van der Waals surface area contributed by atoms with E-state index in [1.165, 1.54) is 11.8 Å². The Balaban J connectivity index is 1.41. The minimum Gasteiger partial charge on any atom is -0.457 e. The quantitative estimate of drug-likeness (QED) is 0.427. The molecule has 0 N–H and O–H groups in total. The van der Waals surface area contributed by atoms with Crippen molar-refractivity contribution < 1.29 is 19.1 Å². The zero-order valence-electron chi connectivity index (χ0n) is 16.2. The lowest BCUT2D eigenvalue weighted by atomic mass is 9.67. The number of para-hydroxylation sites is 1. The monoisotopic (exact) mass is 410 g/mol. The number of rotatable bonds is 4. The van der Waals surface area contributed by atoms with Crippen LogP contribution in [0.4, 0.5) is 5.69 Å². The lowest BCUT2D eigenvalue weighted by molar-refractivity contribution is -0.155. The summed E-state index contributed by atoms with van der Waals surface area (Å²) in [6, 6.07) is 9.65. The first-order valence-corrected chi connectivity index (χ1v) is 10.7. The fourth-order valence-corrected chi connectivity index (χ4v) is 5.71. The Kier molecular flexibility index (Phi) is 5.46. The molecule has 2 fully saturated rings. The Bertz CT molecular complexity index is 932. The summed E-state index contributed by atoms with van der Waals surface area (Å²) < 4.78 is 5.29. The molecule has 2 unspecified atom stereocenters. The molecule has 1 aromatic carbocycles. The van der Waals surface area contributed by atoms with Gasteiger partial charge in [-0.05, 0) is 37.8 Å². The van der Waals surface area contributed by atoms with Gasteiger partial charge in [-0.3, -0.25) is 14.4 Å². The number of hydrogen-bond acceptors (Lipinski definition) is 7. The average molecular weight is 410 g/mol. The molecular formula is C22H22N2O4S. The topological polar surface area (TPSA) is 87.5 Å². The minimum atomic E-state index is -0.505. The van der Waals surface area contributed by atoms with Gasteiger partial charge in [-0.1, -0.05) is 30.3 Å². The number of hydrogen-bond donors (Lipinski definition) is 0. The lowest BCUT2D eigenvalue weighted by Gasteiger charge is -2.36. The van der Waals surface area contributed by atoms with Crippen LogP contribution in [0.25, 0.3) is 0 Å². The molecule has 0 aromatic heterocycles. The first kappa shape index (κ1) is 19.7. The van der Waals surface area contributed by atoms with Gasteiger partial charge in [0.15, 0.2) is 6.61 Å². The molecule has 2 aliphatic carbocycles. The Morgan fingerprint density at radius 3 is 2.59 bits per heavy atom. The predicted octanol–water partition coefficient (Wildman–Crippen LogP) is 3.47. The summed E-state index contributed by atoms with van der Waals surface area (Å²) in [5.74, 6) is -1.07. The molecule has 4 rings (SSSR count). The second-order valence-electron chi connectivity index (χ2n) is 7.85. The summed E-state index contributed by atoms with van der Waals surface area (Å²) >= 11 is 1.36. The molecule has 0 saturated heterocycles. The summed E-state index contributed by atoms with van der Waals surface area (Å²) in [4.78, 5) is 40.1. The van der Waals surface area contributed by atoms with Gasteiger partial charge in [0.25, 0.3) is 0 Å². The Labute approximate surface area is 173 Å². The van der Waals surface area contributed by atoms with Gasteiger partial charge in [0.05, 0.1) is 11.6 Å². The molecule has 0 amide bonds. The lowest BCUT2D eigenvalue weighted by Crippen LogP contribution is -2.39. The van der Waals surface area contributed by atoms with Crippen LogP contribution in [0.2, 0.25) is 0 Å². The minimum absolute atomic E-state index is 0.00260. The van der Waals surface area contributed by atoms with Gasteiger partial charge in [-0.25, -0.2) is 0 Å². The summed E-state index contributed by atoms with van der Waals surface area (Å²) in [6.45, 7) is -0.449. The van der Waals surface area contributed by atoms with Crippen LogP contribution in [-0.2, 0) is 19.1 Å². The van der Waals surface area contributed by atoms with Crippen LogP contribution in [0.1, 0.15) is 32.1 Å². The van der Waals surface area contributed by atoms with Crippen molar-refractivity contribution in [3.8, 4) is 6.07 Å². The number of nitriles is 1. The van der Waals surface area contributed by atoms with Gasteiger partial charge in [0, 0.05) is 23.8 Å². The number of esters is 1. The SMILES string of the molecule is CN1/C(=C(\C#N)C(=O)COC(=O)C2CC3CCCC(C2)C3=O)Sc2ccccc21. The molecule has 2 atom stereocenters. The Morgan fingerprint density at radius 1 is 1.24 bits per heavy atom. The van der Waals surface area contributed by atoms with E-state index in [0.717, 1.165) is 29.8 Å². The molecule has 2 saturated carbocycles. The third kappa shape index (κ3) is 3.69. The number of carbonyl (C=O) groups excluding carboxylic acids is 3. The van der Waals surface area contributed by atoms with Gasteiger partial charge < -0.3 is 9.64 Å². The van der Waals surface area contributed by atoms with Crippen molar-refractivity contribution in [2.24, 2.45) is 17.8 Å². The van der Waals surface area contributed by atoms with Crippen LogP contribution < -0.4 is 4.90 Å². The highest BCUT2D eigenvalue weighted by atomic mass is 32.2. The van der Waals surface area contributed by atoms with Gasteiger partial charge in [0.2, 0.25) is 5.78 Å². The van der Waals surface area contributed by atoms with E-state index in [-0.39, 0.29) is 29.1 Å². The average Bonchev–Trinajstić information content (AvgIpc) is 3.03. The highest BCUT2D eigenvalue weighted by Gasteiger charge is 2.42. The Morgan fingerprint density at radius 2 is 1.93 bits per heavy atom. The third-order valence-corrected chi connectivity index (χ3v) is 7.31. The van der Waals surface area contributed by atoms with E-state index >= 15 is 0 Å². The number of ketones is 2. The van der Waals surface area contributed by atoms with E-state index in [9.17, 15) is 19.6 Å². The standard InChI is InChI=1S/C22H22N2O4S/c1-24-17-7-2-3-8-19(17)29-21(24)16(11-23)18(25)12-28-22(27)15-9-13-5-4-6-14(10-15)20(13)26/h2-3,7-8,13-15H,4-6,9-10,12H2,1H3/b21-16-. The van der Waals surface area contributed by atoms with Crippen molar-refractivity contribution in [2.75, 3.05) is 18.6 Å². The van der Waals surface area contributed by atoms with Gasteiger partial charge in [0.1, 0.15) is 22.5 Å². The summed E-state index contributed by atoms with van der Waals surface area (Å²) in [6.07, 6.45) is 3.75. The van der Waals surface area contributed by atoms with Crippen LogP contribution >= 0.6 is 11.8 Å². The zero-order chi connectivity index (χ0) is 20.5. The molecule has 7 heteroatoms. The highest BCUT2D eigenvalue weighted by Crippen LogP contribution is 2.46. The largest absolute Gasteiger partial charge is 0.457 e. The number of carbonyl (C=O) groups is 3. The normalized spacial score (nSPS) is 27.1. The fourth-order valence-electron chi connectivity index (χ4n) is 4.55. The number of nitrogens with zero attached hydrogens (tertiary/aromatic N) is 2. The van der Waals surface area contributed by atoms with Crippen molar-refractivity contribution in [2.45, 2.75) is 37.0 Å². The van der Waals surface area contributed by atoms with Crippen molar-refractivity contribution in [1.82, 2.24) is 0 Å². The number of thioether (sulfide) groups is 1. The van der Waals surface area contributed by atoms with Gasteiger partial charge in [-0.15, -0.1) is 0 Å². The van der Waals surface area contributed by atoms with E-state index < -0.39 is 18.4 Å². The maximum Gasteiger partial charge on any atom is 0.309 e. The molecule has 0 spiro atoms. The maximum absolute atomic E-state index is 12.6. The number of ether oxygens (including phenoxy) is 1. The van der Waals surface area contributed by atoms with Crippen LogP contribution in [0.5, 0.6) is 0 Å². The first-order chi connectivity index (χ1) is 14.0. The van der Waals surface area contributed by atoms with Crippen molar-refractivity contribution >= 4 is 35.0 Å². The molecule has 6 nitrogen and oxygen atoms in total.